The predicted molar refractivity (Wildman–Crippen MR) is 61.9 cm³/mol. The van der Waals surface area contributed by atoms with Crippen LogP contribution in [-0.4, -0.2) is 36.6 Å². The molecule has 5 atom stereocenters. The van der Waals surface area contributed by atoms with E-state index in [4.69, 9.17) is 0 Å². The third-order valence-corrected chi connectivity index (χ3v) is 5.85. The summed E-state index contributed by atoms with van der Waals surface area (Å²) in [5.41, 5.74) is 0. The Kier molecular flexibility index (Phi) is 3.14. The second kappa shape index (κ2) is 4.45. The zero-order valence-corrected chi connectivity index (χ0v) is 11.6. The van der Waals surface area contributed by atoms with Gasteiger partial charge in [-0.2, -0.15) is 8.78 Å². The van der Waals surface area contributed by atoms with E-state index in [1.807, 2.05) is 0 Å². The van der Waals surface area contributed by atoms with Crippen molar-refractivity contribution in [1.82, 2.24) is 0 Å². The largest absolute Gasteiger partial charge is 0.743 e. The summed E-state index contributed by atoms with van der Waals surface area (Å²) in [6, 6.07) is 0. The second-order valence-electron chi connectivity index (χ2n) is 6.08. The Labute approximate surface area is 119 Å². The Morgan fingerprint density at radius 1 is 1.33 bits per heavy atom. The molecule has 0 saturated heterocycles. The minimum atomic E-state index is -5.88. The molecule has 0 aromatic rings. The number of carbonyl (C=O) groups excluding carboxylic acids is 2. The Hall–Kier alpha value is -1.09. The van der Waals surface area contributed by atoms with Crippen LogP contribution in [0.2, 0.25) is 0 Å². The van der Waals surface area contributed by atoms with Crippen molar-refractivity contribution >= 4 is 21.9 Å². The van der Waals surface area contributed by atoms with Crippen LogP contribution in [0.1, 0.15) is 19.3 Å². The molecule has 3 rings (SSSR count). The molecule has 5 unspecified atom stereocenters. The first-order valence-corrected chi connectivity index (χ1v) is 8.05. The molecule has 3 fully saturated rings. The summed E-state index contributed by atoms with van der Waals surface area (Å²) in [4.78, 5) is 23.8. The van der Waals surface area contributed by atoms with Crippen LogP contribution in [-0.2, 0) is 24.4 Å². The van der Waals surface area contributed by atoms with E-state index in [0.717, 1.165) is 0 Å². The molecule has 3 aliphatic rings. The van der Waals surface area contributed by atoms with Crippen molar-refractivity contribution in [3.8, 4) is 0 Å². The highest BCUT2D eigenvalue weighted by molar-refractivity contribution is 7.86. The number of halogens is 2. The molecule has 0 aromatic carbocycles. The smallest absolute Gasteiger partial charge is 0.367 e. The highest BCUT2D eigenvalue weighted by Gasteiger charge is 2.62. The predicted octanol–water partition coefficient (Wildman–Crippen LogP) is 0.529. The van der Waals surface area contributed by atoms with Crippen molar-refractivity contribution < 1.29 is 36.1 Å². The molecule has 118 valence electrons. The molecular weight excluding hydrogens is 310 g/mol. The Morgan fingerprint density at radius 2 is 2.00 bits per heavy atom. The van der Waals surface area contributed by atoms with E-state index in [1.54, 1.807) is 0 Å². The van der Waals surface area contributed by atoms with Crippen LogP contribution in [0.3, 0.4) is 0 Å². The van der Waals surface area contributed by atoms with Gasteiger partial charge in [-0.1, -0.05) is 0 Å². The van der Waals surface area contributed by atoms with Crippen molar-refractivity contribution in [3.63, 3.8) is 0 Å². The van der Waals surface area contributed by atoms with Gasteiger partial charge in [0.25, 0.3) is 0 Å². The summed E-state index contributed by atoms with van der Waals surface area (Å²) in [6.07, 6.45) is 1.82. The maximum atomic E-state index is 13.0. The summed E-state index contributed by atoms with van der Waals surface area (Å²) in [6.45, 7) is -1.80. The normalized spacial score (nSPS) is 38.0. The fourth-order valence-electron chi connectivity index (χ4n) is 4.23. The zero-order chi connectivity index (χ0) is 15.6. The van der Waals surface area contributed by atoms with E-state index in [0.29, 0.717) is 19.3 Å². The minimum absolute atomic E-state index is 0.0462. The highest BCUT2D eigenvalue weighted by atomic mass is 32.2. The molecular formula is C12H13F2O6S-. The summed E-state index contributed by atoms with van der Waals surface area (Å²) in [7, 11) is -5.88. The lowest BCUT2D eigenvalue weighted by molar-refractivity contribution is -0.159. The third-order valence-electron chi connectivity index (χ3n) is 5.00. The second-order valence-corrected chi connectivity index (χ2v) is 7.58. The van der Waals surface area contributed by atoms with E-state index >= 15 is 0 Å². The van der Waals surface area contributed by atoms with E-state index in [2.05, 4.69) is 4.74 Å². The van der Waals surface area contributed by atoms with Crippen LogP contribution >= 0.6 is 0 Å². The zero-order valence-electron chi connectivity index (χ0n) is 10.8. The monoisotopic (exact) mass is 323 g/mol. The SMILES string of the molecule is O=C(OCC(F)(F)S(=O)(=O)[O-])C1C2CC3CC(=O)C1C3C2. The molecule has 3 aliphatic carbocycles. The van der Waals surface area contributed by atoms with E-state index in [-0.39, 0.29) is 23.5 Å². The van der Waals surface area contributed by atoms with Crippen molar-refractivity contribution in [2.24, 2.45) is 29.6 Å². The Bertz CT molecular complexity index is 599. The van der Waals surface area contributed by atoms with Gasteiger partial charge in [0, 0.05) is 12.3 Å². The number of hydrogen-bond acceptors (Lipinski definition) is 6. The lowest BCUT2D eigenvalue weighted by Crippen LogP contribution is -2.38. The van der Waals surface area contributed by atoms with Crippen molar-refractivity contribution in [2.45, 2.75) is 24.5 Å². The van der Waals surface area contributed by atoms with Gasteiger partial charge in [0.2, 0.25) is 0 Å². The van der Waals surface area contributed by atoms with Crippen LogP contribution in [0, 0.1) is 29.6 Å². The van der Waals surface area contributed by atoms with Crippen LogP contribution in [0.4, 0.5) is 8.78 Å². The summed E-state index contributed by atoms with van der Waals surface area (Å²) >= 11 is 0. The summed E-state index contributed by atoms with van der Waals surface area (Å²) < 4.78 is 61.3. The average molecular weight is 323 g/mol. The van der Waals surface area contributed by atoms with Crippen molar-refractivity contribution in [1.29, 1.82) is 0 Å². The number of esters is 1. The van der Waals surface area contributed by atoms with Crippen LogP contribution in [0.25, 0.3) is 0 Å². The van der Waals surface area contributed by atoms with Crippen LogP contribution in [0.15, 0.2) is 0 Å². The number of carbonyl (C=O) groups is 2. The molecule has 0 spiro atoms. The number of ether oxygens (including phenoxy) is 1. The van der Waals surface area contributed by atoms with Crippen molar-refractivity contribution in [2.75, 3.05) is 6.61 Å². The average Bonchev–Trinajstić information content (AvgIpc) is 2.95. The molecule has 3 saturated carbocycles. The highest BCUT2D eigenvalue weighted by Crippen LogP contribution is 2.61. The first-order valence-electron chi connectivity index (χ1n) is 6.64. The van der Waals surface area contributed by atoms with Gasteiger partial charge in [-0.05, 0) is 30.6 Å². The van der Waals surface area contributed by atoms with Gasteiger partial charge in [0.15, 0.2) is 16.7 Å². The number of ketones is 1. The first kappa shape index (κ1) is 14.8. The lowest BCUT2D eigenvalue weighted by atomic mass is 9.80. The van der Waals surface area contributed by atoms with Gasteiger partial charge in [-0.3, -0.25) is 9.59 Å². The molecule has 0 aliphatic heterocycles. The number of rotatable bonds is 4. The molecule has 6 nitrogen and oxygen atoms in total. The van der Waals surface area contributed by atoms with E-state index in [1.165, 1.54) is 0 Å². The molecule has 0 N–H and O–H groups in total. The van der Waals surface area contributed by atoms with E-state index < -0.39 is 39.8 Å². The summed E-state index contributed by atoms with van der Waals surface area (Å²) in [5, 5.41) is -4.65. The quantitative estimate of drug-likeness (QED) is 0.552. The molecule has 0 aromatic heterocycles. The third kappa shape index (κ3) is 2.17. The standard InChI is InChI=1S/C12H14F2O6S/c13-12(14,21(17,18)19)4-20-11(16)9-6-1-5-3-8(15)10(9)7(5)2-6/h5-7,9-10H,1-4H2,(H,17,18,19)/p-1. The van der Waals surface area contributed by atoms with E-state index in [9.17, 15) is 31.3 Å². The number of Topliss-reactive ketones (excluding diaryl/α,β-unsaturated/α-hetero) is 1. The number of hydrogen-bond donors (Lipinski definition) is 0. The number of fused-ring (bicyclic) bond motifs is 1. The van der Waals surface area contributed by atoms with Crippen molar-refractivity contribution in [3.05, 3.63) is 0 Å². The molecule has 21 heavy (non-hydrogen) atoms. The van der Waals surface area contributed by atoms with Gasteiger partial charge < -0.3 is 9.29 Å². The van der Waals surface area contributed by atoms with Gasteiger partial charge in [-0.25, -0.2) is 8.42 Å². The van der Waals surface area contributed by atoms with Gasteiger partial charge >= 0.3 is 11.2 Å². The van der Waals surface area contributed by atoms with Crippen LogP contribution < -0.4 is 0 Å². The maximum Gasteiger partial charge on any atom is 0.367 e. The molecule has 2 bridgehead atoms. The molecule has 0 heterocycles. The number of alkyl halides is 2. The Morgan fingerprint density at radius 3 is 2.62 bits per heavy atom. The van der Waals surface area contributed by atoms with Gasteiger partial charge in [0.05, 0.1) is 5.92 Å². The fraction of sp³-hybridized carbons (Fsp3) is 0.833. The minimum Gasteiger partial charge on any atom is -0.743 e. The van der Waals surface area contributed by atoms with Gasteiger partial charge in [0.1, 0.15) is 5.78 Å². The maximum absolute atomic E-state index is 13.0. The van der Waals surface area contributed by atoms with Gasteiger partial charge in [-0.15, -0.1) is 0 Å². The topological polar surface area (TPSA) is 101 Å². The first-order chi connectivity index (χ1) is 9.62. The lowest BCUT2D eigenvalue weighted by Gasteiger charge is -2.26. The van der Waals surface area contributed by atoms with Crippen LogP contribution in [0.5, 0.6) is 0 Å². The fourth-order valence-corrected chi connectivity index (χ4v) is 4.43. The molecule has 0 amide bonds. The molecule has 0 radical (unpaired) electrons. The Balaban J connectivity index is 1.69. The molecule has 9 heteroatoms. The summed E-state index contributed by atoms with van der Waals surface area (Å²) in [5.74, 6) is -1.98.